The van der Waals surface area contributed by atoms with E-state index >= 15 is 0 Å². The molecule has 0 aromatic carbocycles. The van der Waals surface area contributed by atoms with E-state index in [-0.39, 0.29) is 0 Å². The summed E-state index contributed by atoms with van der Waals surface area (Å²) >= 11 is 0. The highest BCUT2D eigenvalue weighted by Gasteiger charge is 2.08. The van der Waals surface area contributed by atoms with Crippen LogP contribution in [0.2, 0.25) is 0 Å². The molecule has 0 aliphatic carbocycles. The van der Waals surface area contributed by atoms with Crippen molar-refractivity contribution in [2.75, 3.05) is 6.61 Å². The van der Waals surface area contributed by atoms with E-state index in [4.69, 9.17) is 5.11 Å². The summed E-state index contributed by atoms with van der Waals surface area (Å²) < 4.78 is 0. The zero-order chi connectivity index (χ0) is 5.86. The molecule has 5 heteroatoms. The lowest BCUT2D eigenvalue weighted by Gasteiger charge is -1.94. The van der Waals surface area contributed by atoms with Gasteiger partial charge in [-0.2, -0.15) is 0 Å². The van der Waals surface area contributed by atoms with Crippen LogP contribution < -0.4 is 5.73 Å². The van der Waals surface area contributed by atoms with Crippen LogP contribution in [-0.4, -0.2) is 22.8 Å². The third-order valence-corrected chi connectivity index (χ3v) is 0.458. The summed E-state index contributed by atoms with van der Waals surface area (Å²) in [4.78, 5) is 8.70. The van der Waals surface area contributed by atoms with Crippen molar-refractivity contribution in [1.29, 1.82) is 0 Å². The van der Waals surface area contributed by atoms with E-state index in [1.165, 1.54) is 0 Å². The highest BCUT2D eigenvalue weighted by atomic mass is 16.6. The van der Waals surface area contributed by atoms with Gasteiger partial charge in [0.15, 0.2) is 0 Å². The third kappa shape index (κ3) is 2.07. The summed E-state index contributed by atoms with van der Waals surface area (Å²) in [5, 5.41) is 17.4. The lowest BCUT2D eigenvalue weighted by Crippen LogP contribution is -2.32. The molecule has 1 unspecified atom stereocenters. The van der Waals surface area contributed by atoms with E-state index in [1.807, 2.05) is 0 Å². The van der Waals surface area contributed by atoms with E-state index in [9.17, 15) is 10.1 Å². The highest BCUT2D eigenvalue weighted by molar-refractivity contribution is 4.36. The Kier molecular flexibility index (Phi) is 2.24. The maximum absolute atomic E-state index is 9.45. The Morgan fingerprint density at radius 2 is 2.43 bits per heavy atom. The van der Waals surface area contributed by atoms with Gasteiger partial charge in [0.2, 0.25) is 0 Å². The van der Waals surface area contributed by atoms with Gasteiger partial charge in [0.05, 0.1) is 0 Å². The van der Waals surface area contributed by atoms with Crippen molar-refractivity contribution in [2.45, 2.75) is 6.17 Å². The van der Waals surface area contributed by atoms with Crippen LogP contribution in [0.1, 0.15) is 0 Å². The molecule has 5 nitrogen and oxygen atoms in total. The molecule has 0 bridgehead atoms. The van der Waals surface area contributed by atoms with Gasteiger partial charge in [-0.15, -0.1) is 0 Å². The van der Waals surface area contributed by atoms with Crippen molar-refractivity contribution in [1.82, 2.24) is 0 Å². The molecule has 0 aliphatic rings. The average Bonchev–Trinajstić information content (AvgIpc) is 1.65. The molecule has 0 aliphatic heterocycles. The number of hydrogen-bond acceptors (Lipinski definition) is 4. The molecule has 0 saturated carbocycles. The average molecular weight is 106 g/mol. The fourth-order valence-corrected chi connectivity index (χ4v) is 0.0667. The lowest BCUT2D eigenvalue weighted by molar-refractivity contribution is -0.524. The number of rotatable bonds is 2. The minimum Gasteiger partial charge on any atom is -0.388 e. The Hall–Kier alpha value is -0.680. The lowest BCUT2D eigenvalue weighted by atomic mass is 10.6. The molecular formula is C2H6N2O3. The topological polar surface area (TPSA) is 89.4 Å². The zero-order valence-corrected chi connectivity index (χ0v) is 3.57. The Labute approximate surface area is 39.9 Å². The largest absolute Gasteiger partial charge is 0.388 e. The summed E-state index contributed by atoms with van der Waals surface area (Å²) in [6.45, 7) is -0.604. The molecule has 42 valence electrons. The molecule has 0 aromatic rings. The van der Waals surface area contributed by atoms with Gasteiger partial charge in [0.25, 0.3) is 6.17 Å². The van der Waals surface area contributed by atoms with Crippen LogP contribution >= 0.6 is 0 Å². The number of nitrogens with zero attached hydrogens (tertiary/aromatic N) is 1. The first-order valence-electron chi connectivity index (χ1n) is 1.68. The zero-order valence-electron chi connectivity index (χ0n) is 3.57. The number of nitro groups is 1. The summed E-state index contributed by atoms with van der Waals surface area (Å²) in [5.41, 5.74) is 4.67. The number of aliphatic hydroxyl groups is 1. The normalized spacial score (nSPS) is 13.4. The molecule has 3 N–H and O–H groups in total. The van der Waals surface area contributed by atoms with Crippen LogP contribution in [0, 0.1) is 10.1 Å². The van der Waals surface area contributed by atoms with Gasteiger partial charge in [-0.25, -0.2) is 0 Å². The molecule has 0 spiro atoms. The van der Waals surface area contributed by atoms with Crippen molar-refractivity contribution in [3.63, 3.8) is 0 Å². The molecule has 0 rings (SSSR count). The van der Waals surface area contributed by atoms with Crippen molar-refractivity contribution in [3.8, 4) is 0 Å². The molecule has 1 atom stereocenters. The minimum absolute atomic E-state index is 0.604. The first-order chi connectivity index (χ1) is 3.18. The SMILES string of the molecule is NC(CO)[N+](=O)[O-]. The minimum atomic E-state index is -1.32. The van der Waals surface area contributed by atoms with E-state index in [0.29, 0.717) is 0 Å². The van der Waals surface area contributed by atoms with Crippen LogP contribution in [0.25, 0.3) is 0 Å². The third-order valence-electron chi connectivity index (χ3n) is 0.458. The first-order valence-corrected chi connectivity index (χ1v) is 1.68. The molecule has 0 heterocycles. The summed E-state index contributed by atoms with van der Waals surface area (Å²) in [7, 11) is 0. The fraction of sp³-hybridized carbons (Fsp3) is 1.00. The summed E-state index contributed by atoms with van der Waals surface area (Å²) in [5.74, 6) is 0. The van der Waals surface area contributed by atoms with Crippen LogP contribution in [0.5, 0.6) is 0 Å². The Bertz CT molecular complexity index is 73.3. The van der Waals surface area contributed by atoms with Gasteiger partial charge in [-0.1, -0.05) is 0 Å². The van der Waals surface area contributed by atoms with E-state index in [2.05, 4.69) is 5.73 Å². The van der Waals surface area contributed by atoms with Crippen LogP contribution in [0.3, 0.4) is 0 Å². The monoisotopic (exact) mass is 106 g/mol. The number of hydrogen-bond donors (Lipinski definition) is 2. The van der Waals surface area contributed by atoms with Crippen LogP contribution in [-0.2, 0) is 0 Å². The fourth-order valence-electron chi connectivity index (χ4n) is 0.0667. The second-order valence-corrected chi connectivity index (χ2v) is 1.04. The Balaban J connectivity index is 3.34. The van der Waals surface area contributed by atoms with Gasteiger partial charge in [-0.05, 0) is 0 Å². The Morgan fingerprint density at radius 3 is 2.43 bits per heavy atom. The van der Waals surface area contributed by atoms with Crippen LogP contribution in [0.4, 0.5) is 0 Å². The summed E-state index contributed by atoms with van der Waals surface area (Å²) in [6, 6.07) is 0. The molecule has 0 saturated heterocycles. The highest BCUT2D eigenvalue weighted by Crippen LogP contribution is 1.72. The van der Waals surface area contributed by atoms with Gasteiger partial charge in [0, 0.05) is 4.92 Å². The molecule has 0 amide bonds. The maximum Gasteiger partial charge on any atom is 0.286 e. The van der Waals surface area contributed by atoms with Crippen molar-refractivity contribution in [3.05, 3.63) is 10.1 Å². The second kappa shape index (κ2) is 2.49. The number of aliphatic hydroxyl groups excluding tert-OH is 1. The predicted molar refractivity (Wildman–Crippen MR) is 22.1 cm³/mol. The van der Waals surface area contributed by atoms with Gasteiger partial charge in [-0.3, -0.25) is 15.8 Å². The van der Waals surface area contributed by atoms with E-state index in [1.54, 1.807) is 0 Å². The molecule has 0 aromatic heterocycles. The molecule has 0 radical (unpaired) electrons. The standard InChI is InChI=1S/C2H6N2O3/c3-2(1-5)4(6)7/h2,5H,1,3H2. The van der Waals surface area contributed by atoms with Crippen molar-refractivity contribution in [2.24, 2.45) is 5.73 Å². The van der Waals surface area contributed by atoms with Gasteiger partial charge >= 0.3 is 0 Å². The smallest absolute Gasteiger partial charge is 0.286 e. The molecular weight excluding hydrogens is 100 g/mol. The van der Waals surface area contributed by atoms with E-state index < -0.39 is 17.7 Å². The first kappa shape index (κ1) is 6.32. The second-order valence-electron chi connectivity index (χ2n) is 1.04. The van der Waals surface area contributed by atoms with Crippen molar-refractivity contribution < 1.29 is 10.0 Å². The maximum atomic E-state index is 9.45. The van der Waals surface area contributed by atoms with Gasteiger partial charge < -0.3 is 5.11 Å². The summed E-state index contributed by atoms with van der Waals surface area (Å²) in [6.07, 6.45) is -1.32. The molecule has 7 heavy (non-hydrogen) atoms. The van der Waals surface area contributed by atoms with Crippen molar-refractivity contribution >= 4 is 0 Å². The number of nitrogens with two attached hydrogens (primary N) is 1. The van der Waals surface area contributed by atoms with Gasteiger partial charge in [0.1, 0.15) is 6.61 Å². The predicted octanol–water partition coefficient (Wildman–Crippen LogP) is -1.46. The quantitative estimate of drug-likeness (QED) is 0.256. The Morgan fingerprint density at radius 1 is 2.00 bits per heavy atom. The van der Waals surface area contributed by atoms with Crippen LogP contribution in [0.15, 0.2) is 0 Å². The molecule has 0 fully saturated rings. The van der Waals surface area contributed by atoms with E-state index in [0.717, 1.165) is 0 Å².